The highest BCUT2D eigenvalue weighted by molar-refractivity contribution is 5.76. The fourth-order valence-corrected chi connectivity index (χ4v) is 3.01. The Hall–Kier alpha value is -1.42. The molecule has 1 aromatic heterocycles. The standard InChI is InChI=1S/C14H18FN3/c1-9-17-13-8-10(15)2-7-14(13)18(9)12-5-3-11(16)4-6-12/h2,7-8,11-12H,3-6,16H2,1H3/t11-,12+. The van der Waals surface area contributed by atoms with Crippen LogP contribution in [0, 0.1) is 12.7 Å². The minimum absolute atomic E-state index is 0.224. The molecular formula is C14H18FN3. The van der Waals surface area contributed by atoms with Gasteiger partial charge in [0.25, 0.3) is 0 Å². The van der Waals surface area contributed by atoms with Crippen molar-refractivity contribution in [2.75, 3.05) is 0 Å². The summed E-state index contributed by atoms with van der Waals surface area (Å²) in [4.78, 5) is 4.46. The molecule has 1 fully saturated rings. The van der Waals surface area contributed by atoms with Gasteiger partial charge in [0.1, 0.15) is 11.6 Å². The second kappa shape index (κ2) is 4.35. The van der Waals surface area contributed by atoms with Crippen molar-refractivity contribution in [2.45, 2.75) is 44.7 Å². The summed E-state index contributed by atoms with van der Waals surface area (Å²) in [6.07, 6.45) is 4.30. The minimum atomic E-state index is -0.224. The summed E-state index contributed by atoms with van der Waals surface area (Å²) in [5.41, 5.74) is 7.74. The quantitative estimate of drug-likeness (QED) is 0.842. The van der Waals surface area contributed by atoms with Crippen LogP contribution in [-0.2, 0) is 0 Å². The Morgan fingerprint density at radius 2 is 2.00 bits per heavy atom. The van der Waals surface area contributed by atoms with Gasteiger partial charge in [-0.15, -0.1) is 0 Å². The van der Waals surface area contributed by atoms with Gasteiger partial charge in [0, 0.05) is 18.2 Å². The molecule has 0 unspecified atom stereocenters. The van der Waals surface area contributed by atoms with E-state index < -0.39 is 0 Å². The first-order valence-electron chi connectivity index (χ1n) is 6.55. The maximum Gasteiger partial charge on any atom is 0.125 e. The molecule has 3 rings (SSSR count). The number of fused-ring (bicyclic) bond motifs is 1. The molecule has 3 nitrogen and oxygen atoms in total. The first kappa shape index (κ1) is 11.7. The van der Waals surface area contributed by atoms with Crippen LogP contribution in [0.1, 0.15) is 37.5 Å². The molecule has 1 aliphatic carbocycles. The molecule has 2 aromatic rings. The topological polar surface area (TPSA) is 43.8 Å². The SMILES string of the molecule is Cc1nc2cc(F)ccc2n1[C@H]1CC[C@@H](N)CC1. The fourth-order valence-electron chi connectivity index (χ4n) is 3.01. The zero-order chi connectivity index (χ0) is 12.7. The molecule has 0 amide bonds. The van der Waals surface area contributed by atoms with Crippen LogP contribution in [0.4, 0.5) is 4.39 Å². The van der Waals surface area contributed by atoms with Crippen molar-refractivity contribution in [1.82, 2.24) is 9.55 Å². The van der Waals surface area contributed by atoms with Gasteiger partial charge in [-0.1, -0.05) is 0 Å². The van der Waals surface area contributed by atoms with Crippen molar-refractivity contribution >= 4 is 11.0 Å². The zero-order valence-electron chi connectivity index (χ0n) is 10.6. The molecule has 0 aliphatic heterocycles. The maximum absolute atomic E-state index is 13.2. The average Bonchev–Trinajstić information content (AvgIpc) is 2.65. The molecule has 96 valence electrons. The van der Waals surface area contributed by atoms with Crippen LogP contribution in [0.5, 0.6) is 0 Å². The fraction of sp³-hybridized carbons (Fsp3) is 0.500. The number of hydrogen-bond donors (Lipinski definition) is 1. The lowest BCUT2D eigenvalue weighted by Gasteiger charge is -2.28. The van der Waals surface area contributed by atoms with Crippen molar-refractivity contribution in [3.8, 4) is 0 Å². The molecule has 1 heterocycles. The van der Waals surface area contributed by atoms with Crippen LogP contribution in [0.3, 0.4) is 0 Å². The van der Waals surface area contributed by atoms with Crippen LogP contribution in [0.25, 0.3) is 11.0 Å². The van der Waals surface area contributed by atoms with Crippen molar-refractivity contribution < 1.29 is 4.39 Å². The van der Waals surface area contributed by atoms with E-state index in [4.69, 9.17) is 5.73 Å². The van der Waals surface area contributed by atoms with Crippen molar-refractivity contribution in [2.24, 2.45) is 5.73 Å². The minimum Gasteiger partial charge on any atom is -0.328 e. The second-order valence-corrected chi connectivity index (χ2v) is 5.23. The normalized spacial score (nSPS) is 24.6. The van der Waals surface area contributed by atoms with E-state index in [-0.39, 0.29) is 5.82 Å². The number of aromatic nitrogens is 2. The van der Waals surface area contributed by atoms with Crippen molar-refractivity contribution in [1.29, 1.82) is 0 Å². The number of aryl methyl sites for hydroxylation is 1. The largest absolute Gasteiger partial charge is 0.328 e. The predicted octanol–water partition coefficient (Wildman–Crippen LogP) is 2.93. The lowest BCUT2D eigenvalue weighted by atomic mass is 9.91. The molecule has 0 radical (unpaired) electrons. The van der Waals surface area contributed by atoms with Gasteiger partial charge in [-0.05, 0) is 44.7 Å². The van der Waals surface area contributed by atoms with Crippen molar-refractivity contribution in [3.05, 3.63) is 29.8 Å². The number of nitrogens with zero attached hydrogens (tertiary/aromatic N) is 2. The number of benzene rings is 1. The van der Waals surface area contributed by atoms with Gasteiger partial charge in [-0.25, -0.2) is 9.37 Å². The summed E-state index contributed by atoms with van der Waals surface area (Å²) >= 11 is 0. The molecule has 1 saturated carbocycles. The molecule has 1 aliphatic rings. The van der Waals surface area contributed by atoms with Crippen LogP contribution in [0.2, 0.25) is 0 Å². The number of halogens is 1. The number of nitrogens with two attached hydrogens (primary N) is 1. The Labute approximate surface area is 106 Å². The van der Waals surface area contributed by atoms with Crippen LogP contribution in [-0.4, -0.2) is 15.6 Å². The molecule has 0 bridgehead atoms. The first-order chi connectivity index (χ1) is 8.65. The summed E-state index contributed by atoms with van der Waals surface area (Å²) in [5.74, 6) is 0.744. The first-order valence-corrected chi connectivity index (χ1v) is 6.55. The third-order valence-corrected chi connectivity index (χ3v) is 3.93. The highest BCUT2D eigenvalue weighted by Crippen LogP contribution is 2.32. The molecule has 2 N–H and O–H groups in total. The lowest BCUT2D eigenvalue weighted by Crippen LogP contribution is -2.28. The molecular weight excluding hydrogens is 229 g/mol. The zero-order valence-corrected chi connectivity index (χ0v) is 10.6. The van der Waals surface area contributed by atoms with Crippen LogP contribution >= 0.6 is 0 Å². The summed E-state index contributed by atoms with van der Waals surface area (Å²) in [6.45, 7) is 1.99. The van der Waals surface area contributed by atoms with Crippen molar-refractivity contribution in [3.63, 3.8) is 0 Å². The third kappa shape index (κ3) is 1.90. The molecule has 0 spiro atoms. The summed E-state index contributed by atoms with van der Waals surface area (Å²) in [5, 5.41) is 0. The summed E-state index contributed by atoms with van der Waals surface area (Å²) in [7, 11) is 0. The Bertz CT molecular complexity index is 568. The summed E-state index contributed by atoms with van der Waals surface area (Å²) in [6, 6.07) is 5.65. The van der Waals surface area contributed by atoms with Gasteiger partial charge in [0.05, 0.1) is 11.0 Å². The van der Waals surface area contributed by atoms with Gasteiger partial charge in [-0.2, -0.15) is 0 Å². The molecule has 1 aromatic carbocycles. The number of hydrogen-bond acceptors (Lipinski definition) is 2. The van der Waals surface area contributed by atoms with Gasteiger partial charge < -0.3 is 10.3 Å². The Kier molecular flexibility index (Phi) is 2.82. The van der Waals surface area contributed by atoms with E-state index in [0.717, 1.165) is 42.5 Å². The maximum atomic E-state index is 13.2. The average molecular weight is 247 g/mol. The van der Waals surface area contributed by atoms with Gasteiger partial charge in [0.2, 0.25) is 0 Å². The molecule has 0 atom stereocenters. The van der Waals surface area contributed by atoms with Gasteiger partial charge in [0.15, 0.2) is 0 Å². The smallest absolute Gasteiger partial charge is 0.125 e. The predicted molar refractivity (Wildman–Crippen MR) is 69.9 cm³/mol. The van der Waals surface area contributed by atoms with E-state index in [1.165, 1.54) is 12.1 Å². The van der Waals surface area contributed by atoms with E-state index >= 15 is 0 Å². The second-order valence-electron chi connectivity index (χ2n) is 5.23. The lowest BCUT2D eigenvalue weighted by molar-refractivity contribution is 0.325. The Morgan fingerprint density at radius 3 is 2.72 bits per heavy atom. The molecule has 0 saturated heterocycles. The van der Waals surface area contributed by atoms with E-state index in [1.807, 2.05) is 13.0 Å². The Morgan fingerprint density at radius 1 is 1.28 bits per heavy atom. The molecule has 18 heavy (non-hydrogen) atoms. The molecule has 4 heteroatoms. The third-order valence-electron chi connectivity index (χ3n) is 3.93. The van der Waals surface area contributed by atoms with E-state index in [9.17, 15) is 4.39 Å². The highest BCUT2D eigenvalue weighted by atomic mass is 19.1. The number of imidazole rings is 1. The van der Waals surface area contributed by atoms with E-state index in [0.29, 0.717) is 12.1 Å². The van der Waals surface area contributed by atoms with E-state index in [1.54, 1.807) is 0 Å². The van der Waals surface area contributed by atoms with E-state index in [2.05, 4.69) is 9.55 Å². The monoisotopic (exact) mass is 247 g/mol. The van der Waals surface area contributed by atoms with Crippen LogP contribution in [0.15, 0.2) is 18.2 Å². The summed E-state index contributed by atoms with van der Waals surface area (Å²) < 4.78 is 15.5. The highest BCUT2D eigenvalue weighted by Gasteiger charge is 2.22. The van der Waals surface area contributed by atoms with Crippen LogP contribution < -0.4 is 5.73 Å². The number of rotatable bonds is 1. The Balaban J connectivity index is 2.03. The van der Waals surface area contributed by atoms with Gasteiger partial charge >= 0.3 is 0 Å². The van der Waals surface area contributed by atoms with Gasteiger partial charge in [-0.3, -0.25) is 0 Å².